The molecule has 4 N–H and O–H groups in total. The third-order valence-corrected chi connectivity index (χ3v) is 1.85. The number of aliphatic hydroxyl groups excluding tert-OH is 4. The second kappa shape index (κ2) is 7.29. The van der Waals surface area contributed by atoms with Crippen LogP contribution < -0.4 is 0 Å². The van der Waals surface area contributed by atoms with Gasteiger partial charge in [0, 0.05) is 0 Å². The number of carbonyl (C=O) groups excluding carboxylic acids is 2. The summed E-state index contributed by atoms with van der Waals surface area (Å²) in [7, 11) is 0. The average molecular weight is 236 g/mol. The van der Waals surface area contributed by atoms with Crippen molar-refractivity contribution in [2.24, 2.45) is 0 Å². The van der Waals surface area contributed by atoms with Crippen molar-refractivity contribution < 1.29 is 34.8 Å². The summed E-state index contributed by atoms with van der Waals surface area (Å²) < 4.78 is 4.51. The minimum atomic E-state index is -2.00. The highest BCUT2D eigenvalue weighted by atomic mass is 16.5. The molecule has 0 aromatic heterocycles. The van der Waals surface area contributed by atoms with E-state index in [9.17, 15) is 19.8 Å². The molecule has 0 radical (unpaired) electrons. The molecule has 0 rings (SSSR count). The van der Waals surface area contributed by atoms with Gasteiger partial charge < -0.3 is 30.0 Å². The second-order valence-corrected chi connectivity index (χ2v) is 3.22. The number of esters is 1. The van der Waals surface area contributed by atoms with Crippen molar-refractivity contribution in [2.45, 2.75) is 37.8 Å². The third-order valence-electron chi connectivity index (χ3n) is 1.85. The zero-order valence-electron chi connectivity index (χ0n) is 8.81. The Morgan fingerprint density at radius 1 is 1.25 bits per heavy atom. The molecule has 7 nitrogen and oxygen atoms in total. The van der Waals surface area contributed by atoms with Gasteiger partial charge in [0.25, 0.3) is 0 Å². The monoisotopic (exact) mass is 236 g/mol. The molecular formula is C9H16O7. The molecule has 0 spiro atoms. The lowest BCUT2D eigenvalue weighted by Gasteiger charge is -2.22. The van der Waals surface area contributed by atoms with E-state index in [1.165, 1.54) is 0 Å². The predicted molar refractivity (Wildman–Crippen MR) is 51.3 cm³/mol. The van der Waals surface area contributed by atoms with Gasteiger partial charge in [-0.05, 0) is 6.42 Å². The molecular weight excluding hydrogens is 220 g/mol. The van der Waals surface area contributed by atoms with Gasteiger partial charge in [-0.1, -0.05) is 6.92 Å². The SMILES string of the molecule is CCCOC(=O)C(O)C(O)C(O)C(O)C=O. The fourth-order valence-electron chi connectivity index (χ4n) is 0.897. The molecule has 0 saturated carbocycles. The van der Waals surface area contributed by atoms with Crippen molar-refractivity contribution in [3.8, 4) is 0 Å². The summed E-state index contributed by atoms with van der Waals surface area (Å²) in [5, 5.41) is 36.4. The zero-order valence-corrected chi connectivity index (χ0v) is 8.81. The first-order valence-electron chi connectivity index (χ1n) is 4.79. The van der Waals surface area contributed by atoms with Crippen LogP contribution in [-0.4, -0.2) is 63.7 Å². The minimum absolute atomic E-state index is 0.0159. The van der Waals surface area contributed by atoms with Crippen molar-refractivity contribution in [3.05, 3.63) is 0 Å². The molecule has 94 valence electrons. The Morgan fingerprint density at radius 2 is 1.81 bits per heavy atom. The third kappa shape index (κ3) is 4.23. The summed E-state index contributed by atoms with van der Waals surface area (Å²) >= 11 is 0. The first-order valence-corrected chi connectivity index (χ1v) is 4.79. The van der Waals surface area contributed by atoms with Crippen LogP contribution in [0.2, 0.25) is 0 Å². The highest BCUT2D eigenvalue weighted by Crippen LogP contribution is 2.05. The lowest BCUT2D eigenvalue weighted by Crippen LogP contribution is -2.48. The van der Waals surface area contributed by atoms with Gasteiger partial charge in [0.1, 0.15) is 18.3 Å². The van der Waals surface area contributed by atoms with Crippen LogP contribution in [-0.2, 0) is 14.3 Å². The van der Waals surface area contributed by atoms with E-state index in [4.69, 9.17) is 10.2 Å². The average Bonchev–Trinajstić information content (AvgIpc) is 2.31. The minimum Gasteiger partial charge on any atom is -0.464 e. The van der Waals surface area contributed by atoms with Crippen LogP contribution in [0.1, 0.15) is 13.3 Å². The Kier molecular flexibility index (Phi) is 6.82. The summed E-state index contributed by atoms with van der Waals surface area (Å²) in [5.41, 5.74) is 0. The van der Waals surface area contributed by atoms with Gasteiger partial charge in [-0.2, -0.15) is 0 Å². The van der Waals surface area contributed by atoms with E-state index in [0.717, 1.165) is 0 Å². The molecule has 0 fully saturated rings. The van der Waals surface area contributed by atoms with Crippen LogP contribution >= 0.6 is 0 Å². The number of rotatable bonds is 7. The van der Waals surface area contributed by atoms with E-state index in [2.05, 4.69) is 4.74 Å². The molecule has 0 bridgehead atoms. The summed E-state index contributed by atoms with van der Waals surface area (Å²) in [6.07, 6.45) is -7.28. The van der Waals surface area contributed by atoms with Gasteiger partial charge in [0.05, 0.1) is 6.61 Å². The maximum atomic E-state index is 11.0. The van der Waals surface area contributed by atoms with Gasteiger partial charge in [0.2, 0.25) is 0 Å². The van der Waals surface area contributed by atoms with Crippen LogP contribution in [0.5, 0.6) is 0 Å². The first-order chi connectivity index (χ1) is 7.45. The molecule has 0 aromatic rings. The van der Waals surface area contributed by atoms with Crippen molar-refractivity contribution in [1.82, 2.24) is 0 Å². The molecule has 0 aliphatic heterocycles. The summed E-state index contributed by atoms with van der Waals surface area (Å²) in [6, 6.07) is 0. The molecule has 16 heavy (non-hydrogen) atoms. The van der Waals surface area contributed by atoms with Crippen LogP contribution in [0.3, 0.4) is 0 Å². The molecule has 0 aromatic carbocycles. The van der Waals surface area contributed by atoms with Crippen LogP contribution in [0, 0.1) is 0 Å². The Balaban J connectivity index is 4.30. The first kappa shape index (κ1) is 15.0. The highest BCUT2D eigenvalue weighted by molar-refractivity contribution is 5.75. The van der Waals surface area contributed by atoms with Crippen LogP contribution in [0.15, 0.2) is 0 Å². The number of hydrogen-bond donors (Lipinski definition) is 4. The van der Waals surface area contributed by atoms with E-state index < -0.39 is 30.4 Å². The Labute approximate surface area is 92.3 Å². The van der Waals surface area contributed by atoms with E-state index in [1.807, 2.05) is 0 Å². The van der Waals surface area contributed by atoms with Crippen molar-refractivity contribution in [3.63, 3.8) is 0 Å². The van der Waals surface area contributed by atoms with Crippen molar-refractivity contribution in [2.75, 3.05) is 6.61 Å². The lowest BCUT2D eigenvalue weighted by atomic mass is 10.0. The molecule has 0 aliphatic carbocycles. The van der Waals surface area contributed by atoms with Gasteiger partial charge in [-0.15, -0.1) is 0 Å². The largest absolute Gasteiger partial charge is 0.464 e. The molecule has 4 atom stereocenters. The number of aliphatic hydroxyl groups is 4. The topological polar surface area (TPSA) is 124 Å². The summed E-state index contributed by atoms with van der Waals surface area (Å²) in [5.74, 6) is -1.12. The van der Waals surface area contributed by atoms with Crippen molar-refractivity contribution >= 4 is 12.3 Å². The van der Waals surface area contributed by atoms with Crippen LogP contribution in [0.25, 0.3) is 0 Å². The number of carbonyl (C=O) groups is 2. The van der Waals surface area contributed by atoms with E-state index in [1.54, 1.807) is 6.92 Å². The summed E-state index contributed by atoms with van der Waals surface area (Å²) in [6.45, 7) is 1.80. The smallest absolute Gasteiger partial charge is 0.337 e. The fourth-order valence-corrected chi connectivity index (χ4v) is 0.897. The van der Waals surface area contributed by atoms with E-state index >= 15 is 0 Å². The predicted octanol–water partition coefficient (Wildman–Crippen LogP) is -2.42. The highest BCUT2D eigenvalue weighted by Gasteiger charge is 2.35. The van der Waals surface area contributed by atoms with Gasteiger partial charge in [-0.3, -0.25) is 0 Å². The second-order valence-electron chi connectivity index (χ2n) is 3.22. The Bertz CT molecular complexity index is 230. The van der Waals surface area contributed by atoms with Crippen LogP contribution in [0.4, 0.5) is 0 Å². The zero-order chi connectivity index (χ0) is 12.7. The Hall–Kier alpha value is -1.02. The van der Waals surface area contributed by atoms with Gasteiger partial charge in [0.15, 0.2) is 12.4 Å². The van der Waals surface area contributed by atoms with E-state index in [-0.39, 0.29) is 12.9 Å². The molecule has 0 amide bonds. The standard InChI is InChI=1S/C9H16O7/c1-2-3-16-9(15)8(14)7(13)6(12)5(11)4-10/h4-8,11-14H,2-3H2,1H3. The van der Waals surface area contributed by atoms with Gasteiger partial charge >= 0.3 is 5.97 Å². The number of aldehydes is 1. The fraction of sp³-hybridized carbons (Fsp3) is 0.778. The van der Waals surface area contributed by atoms with Gasteiger partial charge in [-0.25, -0.2) is 4.79 Å². The Morgan fingerprint density at radius 3 is 2.25 bits per heavy atom. The maximum Gasteiger partial charge on any atom is 0.337 e. The molecule has 0 heterocycles. The maximum absolute atomic E-state index is 11.0. The van der Waals surface area contributed by atoms with E-state index in [0.29, 0.717) is 6.42 Å². The molecule has 0 aliphatic rings. The molecule has 7 heteroatoms. The lowest BCUT2D eigenvalue weighted by molar-refractivity contribution is -0.169. The normalized spacial score (nSPS) is 18.3. The summed E-state index contributed by atoms with van der Waals surface area (Å²) in [4.78, 5) is 21.1. The van der Waals surface area contributed by atoms with Crippen molar-refractivity contribution in [1.29, 1.82) is 0 Å². The molecule has 0 saturated heterocycles. The number of ether oxygens (including phenoxy) is 1. The quantitative estimate of drug-likeness (QED) is 0.286. The number of hydrogen-bond acceptors (Lipinski definition) is 7. The molecule has 4 unspecified atom stereocenters.